The molecule has 0 amide bonds. The average molecular weight is 317 g/mol. The molecule has 0 saturated heterocycles. The lowest BCUT2D eigenvalue weighted by atomic mass is 9.99. The fraction of sp³-hybridized carbons (Fsp3) is 0.333. The highest BCUT2D eigenvalue weighted by molar-refractivity contribution is 5.37. The van der Waals surface area contributed by atoms with E-state index in [4.69, 9.17) is 4.74 Å². The van der Waals surface area contributed by atoms with Gasteiger partial charge in [-0.05, 0) is 30.2 Å². The van der Waals surface area contributed by atoms with Gasteiger partial charge >= 0.3 is 0 Å². The maximum absolute atomic E-state index is 12.9. The van der Waals surface area contributed by atoms with Gasteiger partial charge in [-0.15, -0.1) is 0 Å². The summed E-state index contributed by atoms with van der Waals surface area (Å²) in [5.41, 5.74) is 1.62. The summed E-state index contributed by atoms with van der Waals surface area (Å²) < 4.78 is 18.5. The number of halogens is 1. The molecule has 5 heteroatoms. The Hall–Kier alpha value is -1.95. The van der Waals surface area contributed by atoms with Crippen LogP contribution in [0.5, 0.6) is 5.75 Å². The minimum atomic E-state index is -0.669. The lowest BCUT2D eigenvalue weighted by Crippen LogP contribution is -2.45. The van der Waals surface area contributed by atoms with Crippen LogP contribution in [-0.4, -0.2) is 35.5 Å². The predicted molar refractivity (Wildman–Crippen MR) is 84.8 cm³/mol. The van der Waals surface area contributed by atoms with Gasteiger partial charge in [0.2, 0.25) is 0 Å². The molecule has 1 aliphatic heterocycles. The Morgan fingerprint density at radius 3 is 2.70 bits per heavy atom. The monoisotopic (exact) mass is 317 g/mol. The SMILES string of the molecule is OC(CNC1COc2ccccc2C1O)Cc1ccc(F)cc1. The molecule has 0 bridgehead atoms. The molecule has 2 aromatic carbocycles. The summed E-state index contributed by atoms with van der Waals surface area (Å²) in [4.78, 5) is 0. The Kier molecular flexibility index (Phi) is 4.91. The lowest BCUT2D eigenvalue weighted by Gasteiger charge is -2.31. The van der Waals surface area contributed by atoms with E-state index < -0.39 is 12.2 Å². The zero-order chi connectivity index (χ0) is 16.2. The third-order valence-electron chi connectivity index (χ3n) is 4.04. The summed E-state index contributed by atoms with van der Waals surface area (Å²) in [6.07, 6.45) is -0.865. The summed E-state index contributed by atoms with van der Waals surface area (Å²) in [5.74, 6) is 0.410. The van der Waals surface area contributed by atoms with Gasteiger partial charge in [-0.2, -0.15) is 0 Å². The van der Waals surface area contributed by atoms with Gasteiger partial charge in [0.15, 0.2) is 0 Å². The van der Waals surface area contributed by atoms with E-state index in [0.29, 0.717) is 25.3 Å². The molecule has 3 N–H and O–H groups in total. The Labute approximate surface area is 134 Å². The summed E-state index contributed by atoms with van der Waals surface area (Å²) in [6.45, 7) is 0.673. The Balaban J connectivity index is 1.53. The minimum absolute atomic E-state index is 0.271. The molecule has 23 heavy (non-hydrogen) atoms. The number of fused-ring (bicyclic) bond motifs is 1. The van der Waals surface area contributed by atoms with E-state index in [2.05, 4.69) is 5.32 Å². The number of para-hydroxylation sites is 1. The van der Waals surface area contributed by atoms with Crippen LogP contribution in [0, 0.1) is 5.82 Å². The highest BCUT2D eigenvalue weighted by Crippen LogP contribution is 2.31. The molecule has 0 aromatic heterocycles. The molecular weight excluding hydrogens is 297 g/mol. The average Bonchev–Trinajstić information content (AvgIpc) is 2.57. The second-order valence-corrected chi connectivity index (χ2v) is 5.79. The molecule has 0 fully saturated rings. The fourth-order valence-corrected chi connectivity index (χ4v) is 2.77. The third kappa shape index (κ3) is 3.88. The van der Waals surface area contributed by atoms with E-state index >= 15 is 0 Å². The first-order valence-corrected chi connectivity index (χ1v) is 7.69. The molecular formula is C18H20FNO3. The Morgan fingerprint density at radius 2 is 1.91 bits per heavy atom. The van der Waals surface area contributed by atoms with E-state index in [0.717, 1.165) is 11.1 Å². The van der Waals surface area contributed by atoms with Crippen LogP contribution in [0.2, 0.25) is 0 Å². The summed E-state index contributed by atoms with van der Waals surface area (Å²) in [7, 11) is 0. The molecule has 0 aliphatic carbocycles. The van der Waals surface area contributed by atoms with Crippen molar-refractivity contribution in [1.29, 1.82) is 0 Å². The van der Waals surface area contributed by atoms with Crippen LogP contribution in [0.1, 0.15) is 17.2 Å². The Bertz CT molecular complexity index is 647. The quantitative estimate of drug-likeness (QED) is 0.787. The number of benzene rings is 2. The summed E-state index contributed by atoms with van der Waals surface area (Å²) in [5, 5.41) is 23.6. The van der Waals surface area contributed by atoms with Crippen molar-refractivity contribution < 1.29 is 19.3 Å². The second kappa shape index (κ2) is 7.08. The van der Waals surface area contributed by atoms with E-state index in [1.54, 1.807) is 12.1 Å². The highest BCUT2D eigenvalue weighted by Gasteiger charge is 2.29. The van der Waals surface area contributed by atoms with E-state index in [1.165, 1.54) is 12.1 Å². The Morgan fingerprint density at radius 1 is 1.17 bits per heavy atom. The molecule has 3 unspecified atom stereocenters. The van der Waals surface area contributed by atoms with E-state index in [1.807, 2.05) is 24.3 Å². The summed E-state index contributed by atoms with van der Waals surface area (Å²) in [6, 6.07) is 13.2. The zero-order valence-electron chi connectivity index (χ0n) is 12.7. The fourth-order valence-electron chi connectivity index (χ4n) is 2.77. The van der Waals surface area contributed by atoms with Gasteiger partial charge in [0.1, 0.15) is 24.3 Å². The molecule has 3 rings (SSSR count). The van der Waals surface area contributed by atoms with Gasteiger partial charge in [-0.1, -0.05) is 30.3 Å². The standard InChI is InChI=1S/C18H20FNO3/c19-13-7-5-12(6-8-13)9-14(21)10-20-16-11-23-17-4-2-1-3-15(17)18(16)22/h1-8,14,16,18,20-22H,9-11H2. The van der Waals surface area contributed by atoms with Crippen LogP contribution >= 0.6 is 0 Å². The van der Waals surface area contributed by atoms with Crippen LogP contribution in [0.15, 0.2) is 48.5 Å². The maximum atomic E-state index is 12.9. The molecule has 0 radical (unpaired) electrons. The number of hydrogen-bond acceptors (Lipinski definition) is 4. The molecule has 4 nitrogen and oxygen atoms in total. The first-order chi connectivity index (χ1) is 11.1. The number of hydrogen-bond donors (Lipinski definition) is 3. The largest absolute Gasteiger partial charge is 0.491 e. The normalized spacial score (nSPS) is 21.3. The molecule has 1 aliphatic rings. The van der Waals surface area contributed by atoms with E-state index in [9.17, 15) is 14.6 Å². The molecule has 122 valence electrons. The highest BCUT2D eigenvalue weighted by atomic mass is 19.1. The molecule has 2 aromatic rings. The van der Waals surface area contributed by atoms with Crippen molar-refractivity contribution in [3.05, 3.63) is 65.5 Å². The van der Waals surface area contributed by atoms with Crippen molar-refractivity contribution in [2.45, 2.75) is 24.7 Å². The van der Waals surface area contributed by atoms with Gasteiger partial charge < -0.3 is 20.3 Å². The zero-order valence-corrected chi connectivity index (χ0v) is 12.7. The van der Waals surface area contributed by atoms with E-state index in [-0.39, 0.29) is 11.9 Å². The first-order valence-electron chi connectivity index (χ1n) is 7.69. The van der Waals surface area contributed by atoms with Crippen LogP contribution in [0.4, 0.5) is 4.39 Å². The van der Waals surface area contributed by atoms with Crippen LogP contribution in [0.25, 0.3) is 0 Å². The van der Waals surface area contributed by atoms with Crippen LogP contribution in [0.3, 0.4) is 0 Å². The number of aliphatic hydroxyl groups is 2. The van der Waals surface area contributed by atoms with Gasteiger partial charge in [0.05, 0.1) is 12.1 Å². The van der Waals surface area contributed by atoms with Gasteiger partial charge in [-0.3, -0.25) is 0 Å². The van der Waals surface area contributed by atoms with Crippen LogP contribution < -0.4 is 10.1 Å². The number of ether oxygens (including phenoxy) is 1. The third-order valence-corrected chi connectivity index (χ3v) is 4.04. The van der Waals surface area contributed by atoms with Gasteiger partial charge in [0.25, 0.3) is 0 Å². The molecule has 0 spiro atoms. The van der Waals surface area contributed by atoms with Crippen molar-refractivity contribution in [1.82, 2.24) is 5.32 Å². The molecule has 3 atom stereocenters. The minimum Gasteiger partial charge on any atom is -0.491 e. The van der Waals surface area contributed by atoms with Crippen molar-refractivity contribution in [3.8, 4) is 5.75 Å². The lowest BCUT2D eigenvalue weighted by molar-refractivity contribution is 0.0640. The maximum Gasteiger partial charge on any atom is 0.125 e. The number of nitrogens with one attached hydrogen (secondary N) is 1. The van der Waals surface area contributed by atoms with Crippen molar-refractivity contribution in [2.75, 3.05) is 13.2 Å². The first kappa shape index (κ1) is 15.9. The predicted octanol–water partition coefficient (Wildman–Crippen LogP) is 1.81. The second-order valence-electron chi connectivity index (χ2n) is 5.79. The molecule has 1 heterocycles. The summed E-state index contributed by atoms with van der Waals surface area (Å²) >= 11 is 0. The number of rotatable bonds is 5. The van der Waals surface area contributed by atoms with Crippen molar-refractivity contribution in [3.63, 3.8) is 0 Å². The topological polar surface area (TPSA) is 61.7 Å². The number of aliphatic hydroxyl groups excluding tert-OH is 2. The van der Waals surface area contributed by atoms with Gasteiger partial charge in [0, 0.05) is 12.1 Å². The van der Waals surface area contributed by atoms with Crippen LogP contribution in [-0.2, 0) is 6.42 Å². The smallest absolute Gasteiger partial charge is 0.125 e. The van der Waals surface area contributed by atoms with Crippen molar-refractivity contribution in [2.24, 2.45) is 0 Å². The van der Waals surface area contributed by atoms with Gasteiger partial charge in [-0.25, -0.2) is 4.39 Å². The van der Waals surface area contributed by atoms with Crippen molar-refractivity contribution >= 4 is 0 Å². The molecule has 0 saturated carbocycles.